The average molecular weight is 174 g/mol. The Kier molecular flexibility index (Phi) is 2.87. The minimum absolute atomic E-state index is 0.362. The van der Waals surface area contributed by atoms with Crippen LogP contribution in [-0.2, 0) is 0 Å². The zero-order valence-corrected chi connectivity index (χ0v) is 8.45. The summed E-state index contributed by atoms with van der Waals surface area (Å²) in [5.41, 5.74) is -0.362. The Morgan fingerprint density at radius 2 is 2.00 bits per heavy atom. The number of rotatable bonds is 2. The third-order valence-corrected chi connectivity index (χ3v) is 4.08. The van der Waals surface area contributed by atoms with Gasteiger partial charge in [-0.15, -0.1) is 0 Å². The fraction of sp³-hybridized carbons (Fsp3) is 1.00. The first-order valence-corrected chi connectivity index (χ1v) is 5.52. The van der Waals surface area contributed by atoms with E-state index >= 15 is 0 Å². The van der Waals surface area contributed by atoms with Crippen LogP contribution < -0.4 is 0 Å². The molecule has 0 aliphatic carbocycles. The summed E-state index contributed by atoms with van der Waals surface area (Å²) in [5, 5.41) is 10.1. The zero-order chi connectivity index (χ0) is 8.48. The standard InChI is InChI=1S/C9H18OS/c1-7(2)8(3)9(10)4-5-11-6-9/h7-8,10H,4-6H2,1-3H3. The molecule has 11 heavy (non-hydrogen) atoms. The van der Waals surface area contributed by atoms with Gasteiger partial charge in [0.15, 0.2) is 0 Å². The van der Waals surface area contributed by atoms with Gasteiger partial charge in [-0.1, -0.05) is 20.8 Å². The highest BCUT2D eigenvalue weighted by atomic mass is 32.2. The Morgan fingerprint density at radius 1 is 1.36 bits per heavy atom. The lowest BCUT2D eigenvalue weighted by atomic mass is 9.81. The maximum Gasteiger partial charge on any atom is 0.0773 e. The third kappa shape index (κ3) is 1.91. The van der Waals surface area contributed by atoms with Gasteiger partial charge in [-0.3, -0.25) is 0 Å². The normalized spacial score (nSPS) is 34.6. The number of thioether (sulfide) groups is 1. The summed E-state index contributed by atoms with van der Waals surface area (Å²) in [4.78, 5) is 0. The molecule has 1 saturated heterocycles. The molecule has 2 atom stereocenters. The molecule has 2 heteroatoms. The van der Waals surface area contributed by atoms with Crippen LogP contribution in [0.2, 0.25) is 0 Å². The van der Waals surface area contributed by atoms with Crippen LogP contribution in [-0.4, -0.2) is 22.2 Å². The summed E-state index contributed by atoms with van der Waals surface area (Å²) >= 11 is 1.88. The number of hydrogen-bond acceptors (Lipinski definition) is 2. The van der Waals surface area contributed by atoms with Gasteiger partial charge in [-0.25, -0.2) is 0 Å². The van der Waals surface area contributed by atoms with Crippen molar-refractivity contribution in [3.05, 3.63) is 0 Å². The molecule has 66 valence electrons. The molecule has 0 aromatic heterocycles. The molecule has 0 amide bonds. The van der Waals surface area contributed by atoms with Crippen molar-refractivity contribution in [3.8, 4) is 0 Å². The highest BCUT2D eigenvalue weighted by Gasteiger charge is 2.38. The lowest BCUT2D eigenvalue weighted by molar-refractivity contribution is -0.00487. The molecule has 1 aliphatic rings. The smallest absolute Gasteiger partial charge is 0.0773 e. The highest BCUT2D eigenvalue weighted by Crippen LogP contribution is 2.37. The van der Waals surface area contributed by atoms with Crippen LogP contribution in [0, 0.1) is 11.8 Å². The first kappa shape index (κ1) is 9.40. The van der Waals surface area contributed by atoms with Gasteiger partial charge in [0.25, 0.3) is 0 Å². The molecule has 1 N–H and O–H groups in total. The maximum atomic E-state index is 10.1. The van der Waals surface area contributed by atoms with Crippen molar-refractivity contribution in [1.29, 1.82) is 0 Å². The quantitative estimate of drug-likeness (QED) is 0.692. The van der Waals surface area contributed by atoms with E-state index in [-0.39, 0.29) is 5.60 Å². The largest absolute Gasteiger partial charge is 0.389 e. The van der Waals surface area contributed by atoms with E-state index in [4.69, 9.17) is 0 Å². The van der Waals surface area contributed by atoms with Gasteiger partial charge in [0.05, 0.1) is 5.60 Å². The van der Waals surface area contributed by atoms with Crippen molar-refractivity contribution >= 4 is 11.8 Å². The molecule has 2 unspecified atom stereocenters. The van der Waals surface area contributed by atoms with Crippen molar-refractivity contribution in [3.63, 3.8) is 0 Å². The van der Waals surface area contributed by atoms with Crippen molar-refractivity contribution in [2.45, 2.75) is 32.8 Å². The molecule has 0 spiro atoms. The van der Waals surface area contributed by atoms with E-state index in [1.807, 2.05) is 11.8 Å². The summed E-state index contributed by atoms with van der Waals surface area (Å²) in [6, 6.07) is 0. The van der Waals surface area contributed by atoms with Crippen molar-refractivity contribution in [2.75, 3.05) is 11.5 Å². The Morgan fingerprint density at radius 3 is 2.36 bits per heavy atom. The fourth-order valence-electron chi connectivity index (χ4n) is 1.55. The van der Waals surface area contributed by atoms with E-state index in [0.29, 0.717) is 11.8 Å². The minimum atomic E-state index is -0.362. The SMILES string of the molecule is CC(C)C(C)C1(O)CCSC1. The van der Waals surface area contributed by atoms with Crippen LogP contribution in [0.15, 0.2) is 0 Å². The van der Waals surface area contributed by atoms with Crippen LogP contribution in [0.4, 0.5) is 0 Å². The molecular formula is C9H18OS. The predicted octanol–water partition coefficient (Wildman–Crippen LogP) is 2.15. The van der Waals surface area contributed by atoms with Gasteiger partial charge in [0, 0.05) is 5.75 Å². The molecule has 1 rings (SSSR count). The number of hydrogen-bond donors (Lipinski definition) is 1. The van der Waals surface area contributed by atoms with Crippen LogP contribution in [0.25, 0.3) is 0 Å². The summed E-state index contributed by atoms with van der Waals surface area (Å²) in [7, 11) is 0. The Hall–Kier alpha value is 0.310. The van der Waals surface area contributed by atoms with Crippen molar-refractivity contribution < 1.29 is 5.11 Å². The van der Waals surface area contributed by atoms with Crippen molar-refractivity contribution in [2.24, 2.45) is 11.8 Å². The molecule has 0 bridgehead atoms. The molecule has 0 radical (unpaired) electrons. The molecule has 1 heterocycles. The van der Waals surface area contributed by atoms with Gasteiger partial charge < -0.3 is 5.11 Å². The second kappa shape index (κ2) is 3.36. The second-order valence-electron chi connectivity index (χ2n) is 3.94. The van der Waals surface area contributed by atoms with Crippen LogP contribution in [0.3, 0.4) is 0 Å². The van der Waals surface area contributed by atoms with Gasteiger partial charge >= 0.3 is 0 Å². The van der Waals surface area contributed by atoms with Crippen molar-refractivity contribution in [1.82, 2.24) is 0 Å². The monoisotopic (exact) mass is 174 g/mol. The Balaban J connectivity index is 2.56. The first-order chi connectivity index (χ1) is 5.06. The molecule has 1 fully saturated rings. The molecular weight excluding hydrogens is 156 g/mol. The average Bonchev–Trinajstić information content (AvgIpc) is 2.35. The third-order valence-electron chi connectivity index (χ3n) is 2.88. The highest BCUT2D eigenvalue weighted by molar-refractivity contribution is 7.99. The molecule has 0 saturated carbocycles. The molecule has 1 nitrogen and oxygen atoms in total. The van der Waals surface area contributed by atoms with Crippen LogP contribution >= 0.6 is 11.8 Å². The van der Waals surface area contributed by atoms with Gasteiger partial charge in [0.2, 0.25) is 0 Å². The van der Waals surface area contributed by atoms with E-state index in [9.17, 15) is 5.11 Å². The fourth-order valence-corrected chi connectivity index (χ4v) is 2.95. The number of aliphatic hydroxyl groups is 1. The van der Waals surface area contributed by atoms with E-state index in [1.54, 1.807) is 0 Å². The van der Waals surface area contributed by atoms with Gasteiger partial charge in [-0.2, -0.15) is 11.8 Å². The lowest BCUT2D eigenvalue weighted by Gasteiger charge is -2.31. The maximum absolute atomic E-state index is 10.1. The predicted molar refractivity (Wildman–Crippen MR) is 50.9 cm³/mol. The van der Waals surface area contributed by atoms with E-state index in [2.05, 4.69) is 20.8 Å². The Labute approximate surface area is 73.6 Å². The topological polar surface area (TPSA) is 20.2 Å². The second-order valence-corrected chi connectivity index (χ2v) is 5.04. The van der Waals surface area contributed by atoms with E-state index < -0.39 is 0 Å². The van der Waals surface area contributed by atoms with Crippen LogP contribution in [0.5, 0.6) is 0 Å². The first-order valence-electron chi connectivity index (χ1n) is 4.36. The zero-order valence-electron chi connectivity index (χ0n) is 7.63. The van der Waals surface area contributed by atoms with Crippen LogP contribution in [0.1, 0.15) is 27.2 Å². The summed E-state index contributed by atoms with van der Waals surface area (Å²) in [5.74, 6) is 3.11. The Bertz CT molecular complexity index is 128. The van der Waals surface area contributed by atoms with E-state index in [0.717, 1.165) is 17.9 Å². The molecule has 0 aromatic rings. The minimum Gasteiger partial charge on any atom is -0.389 e. The van der Waals surface area contributed by atoms with E-state index in [1.165, 1.54) is 0 Å². The summed E-state index contributed by atoms with van der Waals surface area (Å²) < 4.78 is 0. The molecule has 1 aliphatic heterocycles. The molecule has 0 aromatic carbocycles. The van der Waals surface area contributed by atoms with Gasteiger partial charge in [-0.05, 0) is 24.0 Å². The lowest BCUT2D eigenvalue weighted by Crippen LogP contribution is -2.38. The summed E-state index contributed by atoms with van der Waals surface area (Å²) in [6.45, 7) is 6.54. The summed E-state index contributed by atoms with van der Waals surface area (Å²) in [6.07, 6.45) is 0.983. The van der Waals surface area contributed by atoms with Gasteiger partial charge in [0.1, 0.15) is 0 Å².